The van der Waals surface area contributed by atoms with Crippen LogP contribution in [0.2, 0.25) is 0 Å². The zero-order chi connectivity index (χ0) is 12.3. The molecule has 17 heavy (non-hydrogen) atoms. The van der Waals surface area contributed by atoms with Crippen molar-refractivity contribution in [3.63, 3.8) is 0 Å². The first-order chi connectivity index (χ1) is 8.36. The van der Waals surface area contributed by atoms with Gasteiger partial charge in [-0.25, -0.2) is 0 Å². The van der Waals surface area contributed by atoms with E-state index in [9.17, 15) is 0 Å². The molecule has 0 nitrogen and oxygen atoms in total. The van der Waals surface area contributed by atoms with Gasteiger partial charge in [0.2, 0.25) is 0 Å². The monoisotopic (exact) mass is 227 g/mol. The van der Waals surface area contributed by atoms with E-state index < -0.39 is 0 Å². The Morgan fingerprint density at radius 1 is 1.12 bits per heavy atom. The van der Waals surface area contributed by atoms with Gasteiger partial charge in [0.1, 0.15) is 0 Å². The Morgan fingerprint density at radius 2 is 1.94 bits per heavy atom. The van der Waals surface area contributed by atoms with Crippen LogP contribution in [0.25, 0.3) is 0 Å². The fourth-order valence-electron chi connectivity index (χ4n) is 1.78. The average Bonchev–Trinajstić information content (AvgIpc) is 2.36. The van der Waals surface area contributed by atoms with Crippen molar-refractivity contribution in [2.24, 2.45) is 0 Å². The normalized spacial score (nSPS) is 9.76. The fourth-order valence-corrected chi connectivity index (χ4v) is 1.78. The Hall–Kier alpha value is -1.22. The van der Waals surface area contributed by atoms with Gasteiger partial charge >= 0.3 is 0 Å². The van der Waals surface area contributed by atoms with Gasteiger partial charge in [0.15, 0.2) is 0 Å². The van der Waals surface area contributed by atoms with Gasteiger partial charge in [-0.15, -0.1) is 5.92 Å². The molecule has 0 saturated heterocycles. The molecule has 0 aromatic heterocycles. The summed E-state index contributed by atoms with van der Waals surface area (Å²) in [6.07, 6.45) is 7.74. The van der Waals surface area contributed by atoms with E-state index in [2.05, 4.69) is 50.0 Å². The van der Waals surface area contributed by atoms with E-state index in [0.717, 1.165) is 25.7 Å². The summed E-state index contributed by atoms with van der Waals surface area (Å²) in [7, 11) is 0. The van der Waals surface area contributed by atoms with Crippen molar-refractivity contribution in [2.45, 2.75) is 51.9 Å². The van der Waals surface area contributed by atoms with Crippen LogP contribution in [0.4, 0.5) is 0 Å². The average molecular weight is 227 g/mol. The third kappa shape index (κ3) is 6.17. The van der Waals surface area contributed by atoms with Gasteiger partial charge in [-0.1, -0.05) is 56.9 Å². The standard InChI is InChI=1S/C17H23/c1-3-5-7-9-12-17-14-10-13-16(15-17)11-8-6-4-2/h10,13-15H,2-6,8,11-12H2,1H3. The molecule has 0 fully saturated rings. The highest BCUT2D eigenvalue weighted by atomic mass is 14.0. The van der Waals surface area contributed by atoms with E-state index >= 15 is 0 Å². The fraction of sp³-hybridized carbons (Fsp3) is 0.471. The third-order valence-electron chi connectivity index (χ3n) is 2.75. The molecule has 0 spiro atoms. The first-order valence-electron chi connectivity index (χ1n) is 6.69. The SMILES string of the molecule is [CH2]CCCCc1cccc(CC#CCCC)c1. The van der Waals surface area contributed by atoms with Gasteiger partial charge in [0, 0.05) is 12.8 Å². The minimum Gasteiger partial charge on any atom is -0.103 e. The van der Waals surface area contributed by atoms with Crippen molar-refractivity contribution in [3.05, 3.63) is 42.3 Å². The number of hydrogen-bond donors (Lipinski definition) is 0. The van der Waals surface area contributed by atoms with Gasteiger partial charge in [-0.05, 0) is 30.4 Å². The molecule has 0 heteroatoms. The van der Waals surface area contributed by atoms with Crippen molar-refractivity contribution >= 4 is 0 Å². The Bertz CT molecular complexity index is 365. The topological polar surface area (TPSA) is 0 Å². The van der Waals surface area contributed by atoms with Crippen molar-refractivity contribution in [2.75, 3.05) is 0 Å². The molecule has 1 aromatic rings. The van der Waals surface area contributed by atoms with E-state index in [-0.39, 0.29) is 0 Å². The maximum absolute atomic E-state index is 3.87. The van der Waals surface area contributed by atoms with Crippen molar-refractivity contribution in [1.82, 2.24) is 0 Å². The lowest BCUT2D eigenvalue weighted by Crippen LogP contribution is -1.88. The van der Waals surface area contributed by atoms with Gasteiger partial charge in [-0.2, -0.15) is 0 Å². The highest BCUT2D eigenvalue weighted by molar-refractivity contribution is 5.27. The van der Waals surface area contributed by atoms with E-state index in [1.807, 2.05) is 0 Å². The van der Waals surface area contributed by atoms with Crippen LogP contribution in [0.3, 0.4) is 0 Å². The Kier molecular flexibility index (Phi) is 7.23. The number of rotatable bonds is 6. The zero-order valence-electron chi connectivity index (χ0n) is 11.0. The second-order valence-electron chi connectivity index (χ2n) is 4.41. The molecule has 0 atom stereocenters. The summed E-state index contributed by atoms with van der Waals surface area (Å²) in [5, 5.41) is 0. The summed E-state index contributed by atoms with van der Waals surface area (Å²) in [6.45, 7) is 6.04. The van der Waals surface area contributed by atoms with E-state index in [0.29, 0.717) is 0 Å². The van der Waals surface area contributed by atoms with Crippen LogP contribution in [0, 0.1) is 18.8 Å². The molecule has 0 aliphatic carbocycles. The Labute approximate surface area is 106 Å². The minimum absolute atomic E-state index is 0.892. The maximum Gasteiger partial charge on any atom is 0.0340 e. The molecule has 0 aliphatic rings. The minimum atomic E-state index is 0.892. The third-order valence-corrected chi connectivity index (χ3v) is 2.75. The molecule has 0 unspecified atom stereocenters. The van der Waals surface area contributed by atoms with Gasteiger partial charge in [-0.3, -0.25) is 0 Å². The van der Waals surface area contributed by atoms with Crippen LogP contribution in [0.5, 0.6) is 0 Å². The Morgan fingerprint density at radius 3 is 2.71 bits per heavy atom. The number of aryl methyl sites for hydroxylation is 1. The maximum atomic E-state index is 3.87. The van der Waals surface area contributed by atoms with Gasteiger partial charge < -0.3 is 0 Å². The molecule has 0 heterocycles. The number of benzene rings is 1. The van der Waals surface area contributed by atoms with E-state index in [1.54, 1.807) is 0 Å². The molecule has 0 N–H and O–H groups in total. The predicted octanol–water partition coefficient (Wildman–Crippen LogP) is 4.58. The van der Waals surface area contributed by atoms with Crippen LogP contribution in [0.15, 0.2) is 24.3 Å². The molecule has 0 aliphatic heterocycles. The summed E-state index contributed by atoms with van der Waals surface area (Å²) in [5.74, 6) is 6.43. The zero-order valence-corrected chi connectivity index (χ0v) is 11.0. The molecule has 1 rings (SSSR count). The largest absolute Gasteiger partial charge is 0.103 e. The molecule has 0 amide bonds. The van der Waals surface area contributed by atoms with Crippen molar-refractivity contribution in [1.29, 1.82) is 0 Å². The van der Waals surface area contributed by atoms with Crippen molar-refractivity contribution < 1.29 is 0 Å². The lowest BCUT2D eigenvalue weighted by Gasteiger charge is -2.02. The smallest absolute Gasteiger partial charge is 0.0340 e. The van der Waals surface area contributed by atoms with Crippen LogP contribution in [-0.2, 0) is 12.8 Å². The quantitative estimate of drug-likeness (QED) is 0.493. The van der Waals surface area contributed by atoms with E-state index in [4.69, 9.17) is 0 Å². The molecule has 1 radical (unpaired) electrons. The second kappa shape index (κ2) is 8.88. The highest BCUT2D eigenvalue weighted by Crippen LogP contribution is 2.10. The molecular weight excluding hydrogens is 204 g/mol. The summed E-state index contributed by atoms with van der Waals surface area (Å²) in [6, 6.07) is 8.83. The van der Waals surface area contributed by atoms with Gasteiger partial charge in [0.05, 0.1) is 0 Å². The Balaban J connectivity index is 2.45. The second-order valence-corrected chi connectivity index (χ2v) is 4.41. The summed E-state index contributed by atoms with van der Waals surface area (Å²) in [4.78, 5) is 0. The molecule has 1 aromatic carbocycles. The lowest BCUT2D eigenvalue weighted by atomic mass is 10.0. The summed E-state index contributed by atoms with van der Waals surface area (Å²) < 4.78 is 0. The number of hydrogen-bond acceptors (Lipinski definition) is 0. The molecular formula is C17H23. The first kappa shape index (κ1) is 13.8. The van der Waals surface area contributed by atoms with Crippen LogP contribution in [0.1, 0.15) is 50.2 Å². The molecule has 0 bridgehead atoms. The van der Waals surface area contributed by atoms with Crippen LogP contribution < -0.4 is 0 Å². The van der Waals surface area contributed by atoms with Gasteiger partial charge in [0.25, 0.3) is 0 Å². The van der Waals surface area contributed by atoms with Crippen LogP contribution in [-0.4, -0.2) is 0 Å². The van der Waals surface area contributed by atoms with E-state index in [1.165, 1.54) is 30.4 Å². The molecule has 91 valence electrons. The summed E-state index contributed by atoms with van der Waals surface area (Å²) >= 11 is 0. The summed E-state index contributed by atoms with van der Waals surface area (Å²) in [5.41, 5.74) is 2.79. The highest BCUT2D eigenvalue weighted by Gasteiger charge is 1.95. The predicted molar refractivity (Wildman–Crippen MR) is 75.7 cm³/mol. The van der Waals surface area contributed by atoms with Crippen LogP contribution >= 0.6 is 0 Å². The molecule has 0 saturated carbocycles. The van der Waals surface area contributed by atoms with Crippen molar-refractivity contribution in [3.8, 4) is 11.8 Å². The number of unbranched alkanes of at least 4 members (excludes halogenated alkanes) is 3. The first-order valence-corrected chi connectivity index (χ1v) is 6.69. The lowest BCUT2D eigenvalue weighted by molar-refractivity contribution is 0.745.